The molecule has 24 heavy (non-hydrogen) atoms. The first-order chi connectivity index (χ1) is 11.8. The van der Waals surface area contributed by atoms with E-state index in [2.05, 4.69) is 51.5 Å². The van der Waals surface area contributed by atoms with E-state index in [4.69, 9.17) is 5.10 Å². The molecule has 3 aromatic rings. The molecule has 0 N–H and O–H groups in total. The zero-order valence-corrected chi connectivity index (χ0v) is 14.1. The van der Waals surface area contributed by atoms with Crippen LogP contribution in [0.3, 0.4) is 0 Å². The van der Waals surface area contributed by atoms with Gasteiger partial charge in [0, 0.05) is 12.6 Å². The fourth-order valence-corrected chi connectivity index (χ4v) is 3.62. The van der Waals surface area contributed by atoms with E-state index < -0.39 is 0 Å². The number of piperidine rings is 1. The van der Waals surface area contributed by atoms with Crippen molar-refractivity contribution in [2.75, 3.05) is 11.4 Å². The minimum atomic E-state index is 0.556. The third-order valence-electron chi connectivity index (χ3n) is 4.94. The second-order valence-electron chi connectivity index (χ2n) is 6.58. The van der Waals surface area contributed by atoms with Gasteiger partial charge in [-0.1, -0.05) is 30.3 Å². The van der Waals surface area contributed by atoms with Gasteiger partial charge in [-0.05, 0) is 56.7 Å². The van der Waals surface area contributed by atoms with Crippen molar-refractivity contribution < 1.29 is 0 Å². The lowest BCUT2D eigenvalue weighted by atomic mass is 9.96. The van der Waals surface area contributed by atoms with Crippen LogP contribution in [0.1, 0.15) is 37.1 Å². The van der Waals surface area contributed by atoms with Crippen LogP contribution >= 0.6 is 0 Å². The van der Waals surface area contributed by atoms with Crippen molar-refractivity contribution in [1.82, 2.24) is 19.8 Å². The SMILES string of the molecule is Cc1nnc2ccc(N3CCCCC3CCc3ccccc3)nn12. The number of aromatic nitrogens is 4. The maximum atomic E-state index is 4.78. The van der Waals surface area contributed by atoms with Gasteiger partial charge in [0.1, 0.15) is 5.82 Å². The zero-order valence-electron chi connectivity index (χ0n) is 14.1. The molecule has 4 rings (SSSR count). The summed E-state index contributed by atoms with van der Waals surface area (Å²) in [6.45, 7) is 3.03. The quantitative estimate of drug-likeness (QED) is 0.738. The summed E-state index contributed by atoms with van der Waals surface area (Å²) in [6.07, 6.45) is 6.08. The molecule has 0 aliphatic carbocycles. The molecule has 1 aliphatic heterocycles. The molecule has 5 heteroatoms. The molecule has 1 aromatic carbocycles. The summed E-state index contributed by atoms with van der Waals surface area (Å²) in [5.74, 6) is 1.88. The first kappa shape index (κ1) is 15.1. The maximum Gasteiger partial charge on any atom is 0.178 e. The molecule has 1 saturated heterocycles. The Balaban J connectivity index is 1.55. The summed E-state index contributed by atoms with van der Waals surface area (Å²) in [5.41, 5.74) is 2.23. The van der Waals surface area contributed by atoms with Gasteiger partial charge in [-0.2, -0.15) is 4.52 Å². The Morgan fingerprint density at radius 1 is 1.04 bits per heavy atom. The van der Waals surface area contributed by atoms with Crippen LogP contribution in [-0.2, 0) is 6.42 Å². The third-order valence-corrected chi connectivity index (χ3v) is 4.94. The minimum absolute atomic E-state index is 0.556. The largest absolute Gasteiger partial charge is 0.352 e. The first-order valence-electron chi connectivity index (χ1n) is 8.81. The Morgan fingerprint density at radius 3 is 2.79 bits per heavy atom. The van der Waals surface area contributed by atoms with E-state index in [0.29, 0.717) is 6.04 Å². The summed E-state index contributed by atoms with van der Waals surface area (Å²) < 4.78 is 1.85. The standard InChI is InChI=1S/C19H23N5/c1-15-20-21-18-12-13-19(22-24(15)18)23-14-6-5-9-17(23)11-10-16-7-3-2-4-8-16/h2-4,7-8,12-13,17H,5-6,9-11,14H2,1H3. The van der Waals surface area contributed by atoms with Gasteiger partial charge in [0.15, 0.2) is 11.5 Å². The lowest BCUT2D eigenvalue weighted by Crippen LogP contribution is -2.40. The van der Waals surface area contributed by atoms with Gasteiger partial charge in [-0.15, -0.1) is 15.3 Å². The van der Waals surface area contributed by atoms with Crippen molar-refractivity contribution in [2.24, 2.45) is 0 Å². The molecule has 1 aliphatic rings. The second kappa shape index (κ2) is 6.59. The van der Waals surface area contributed by atoms with Crippen LogP contribution in [0.15, 0.2) is 42.5 Å². The number of aryl methyl sites for hydroxylation is 2. The highest BCUT2D eigenvalue weighted by Gasteiger charge is 2.24. The molecule has 2 aromatic heterocycles. The van der Waals surface area contributed by atoms with Gasteiger partial charge >= 0.3 is 0 Å². The van der Waals surface area contributed by atoms with E-state index in [-0.39, 0.29) is 0 Å². The van der Waals surface area contributed by atoms with Crippen LogP contribution in [-0.4, -0.2) is 32.4 Å². The Bertz CT molecular complexity index is 811. The molecule has 0 amide bonds. The molecular weight excluding hydrogens is 298 g/mol. The Kier molecular flexibility index (Phi) is 4.15. The van der Waals surface area contributed by atoms with Crippen molar-refractivity contribution in [3.8, 4) is 0 Å². The maximum absolute atomic E-state index is 4.78. The van der Waals surface area contributed by atoms with Crippen molar-refractivity contribution >= 4 is 11.5 Å². The molecule has 5 nitrogen and oxygen atoms in total. The summed E-state index contributed by atoms with van der Waals surface area (Å²) in [7, 11) is 0. The zero-order chi connectivity index (χ0) is 16.4. The Morgan fingerprint density at radius 2 is 1.92 bits per heavy atom. The summed E-state index contributed by atoms with van der Waals surface area (Å²) >= 11 is 0. The molecule has 0 spiro atoms. The molecule has 3 heterocycles. The summed E-state index contributed by atoms with van der Waals surface area (Å²) in [4.78, 5) is 2.48. The smallest absolute Gasteiger partial charge is 0.178 e. The van der Waals surface area contributed by atoms with Gasteiger partial charge in [-0.25, -0.2) is 0 Å². The Labute approximate surface area is 142 Å². The van der Waals surface area contributed by atoms with Crippen molar-refractivity contribution in [3.63, 3.8) is 0 Å². The van der Waals surface area contributed by atoms with Gasteiger partial charge in [0.2, 0.25) is 0 Å². The average Bonchev–Trinajstić information content (AvgIpc) is 3.02. The number of anilines is 1. The van der Waals surface area contributed by atoms with Gasteiger partial charge in [-0.3, -0.25) is 0 Å². The van der Waals surface area contributed by atoms with E-state index in [1.165, 1.54) is 31.2 Å². The highest BCUT2D eigenvalue weighted by atomic mass is 15.4. The van der Waals surface area contributed by atoms with Crippen LogP contribution < -0.4 is 4.90 Å². The summed E-state index contributed by atoms with van der Waals surface area (Å²) in [6, 6.07) is 15.4. The molecule has 1 atom stereocenters. The third kappa shape index (κ3) is 2.98. The molecule has 0 saturated carbocycles. The lowest BCUT2D eigenvalue weighted by Gasteiger charge is -2.36. The second-order valence-corrected chi connectivity index (χ2v) is 6.58. The number of nitrogens with zero attached hydrogens (tertiary/aromatic N) is 5. The van der Waals surface area contributed by atoms with Gasteiger partial charge < -0.3 is 4.90 Å². The minimum Gasteiger partial charge on any atom is -0.352 e. The van der Waals surface area contributed by atoms with Crippen molar-refractivity contribution in [1.29, 1.82) is 0 Å². The van der Waals surface area contributed by atoms with Crippen molar-refractivity contribution in [3.05, 3.63) is 53.9 Å². The highest BCUT2D eigenvalue weighted by molar-refractivity contribution is 5.46. The molecule has 1 unspecified atom stereocenters. The average molecular weight is 321 g/mol. The van der Waals surface area contributed by atoms with Crippen LogP contribution in [0.4, 0.5) is 5.82 Å². The fraction of sp³-hybridized carbons (Fsp3) is 0.421. The molecule has 0 bridgehead atoms. The number of benzene rings is 1. The topological polar surface area (TPSA) is 46.3 Å². The van der Waals surface area contributed by atoms with Gasteiger partial charge in [0.25, 0.3) is 0 Å². The van der Waals surface area contributed by atoms with E-state index in [1.54, 1.807) is 0 Å². The van der Waals surface area contributed by atoms with Crippen LogP contribution in [0, 0.1) is 6.92 Å². The number of rotatable bonds is 4. The van der Waals surface area contributed by atoms with Crippen molar-refractivity contribution in [2.45, 2.75) is 45.1 Å². The lowest BCUT2D eigenvalue weighted by molar-refractivity contribution is 0.433. The van der Waals surface area contributed by atoms with E-state index in [9.17, 15) is 0 Å². The molecular formula is C19H23N5. The predicted molar refractivity (Wildman–Crippen MR) is 95.3 cm³/mol. The van der Waals surface area contributed by atoms with Crippen LogP contribution in [0.25, 0.3) is 5.65 Å². The van der Waals surface area contributed by atoms with Crippen LogP contribution in [0.2, 0.25) is 0 Å². The normalized spacial score (nSPS) is 18.2. The molecule has 124 valence electrons. The fourth-order valence-electron chi connectivity index (χ4n) is 3.62. The number of fused-ring (bicyclic) bond motifs is 1. The number of hydrogen-bond donors (Lipinski definition) is 0. The monoisotopic (exact) mass is 321 g/mol. The molecule has 0 radical (unpaired) electrons. The van der Waals surface area contributed by atoms with E-state index in [0.717, 1.165) is 30.3 Å². The van der Waals surface area contributed by atoms with E-state index >= 15 is 0 Å². The molecule has 1 fully saturated rings. The number of hydrogen-bond acceptors (Lipinski definition) is 4. The van der Waals surface area contributed by atoms with E-state index in [1.807, 2.05) is 17.5 Å². The Hall–Kier alpha value is -2.43. The predicted octanol–water partition coefficient (Wildman–Crippen LogP) is 3.42. The van der Waals surface area contributed by atoms with Crippen LogP contribution in [0.5, 0.6) is 0 Å². The van der Waals surface area contributed by atoms with Gasteiger partial charge in [0.05, 0.1) is 0 Å². The summed E-state index contributed by atoms with van der Waals surface area (Å²) in [5, 5.41) is 13.0. The first-order valence-corrected chi connectivity index (χ1v) is 8.81. The highest BCUT2D eigenvalue weighted by Crippen LogP contribution is 2.26.